The highest BCUT2D eigenvalue weighted by molar-refractivity contribution is 5.44. The van der Waals surface area contributed by atoms with Crippen LogP contribution in [-0.4, -0.2) is 42.8 Å². The first kappa shape index (κ1) is 14.8. The second kappa shape index (κ2) is 7.22. The predicted octanol–water partition coefficient (Wildman–Crippen LogP) is 2.34. The molecule has 5 heteroatoms. The van der Waals surface area contributed by atoms with Gasteiger partial charge in [0, 0.05) is 32.4 Å². The molecule has 0 unspecified atom stereocenters. The summed E-state index contributed by atoms with van der Waals surface area (Å²) >= 11 is 0. The molecule has 0 spiro atoms. The normalized spacial score (nSPS) is 14.9. The molecule has 22 heavy (non-hydrogen) atoms. The summed E-state index contributed by atoms with van der Waals surface area (Å²) in [5, 5.41) is 0. The van der Waals surface area contributed by atoms with E-state index in [0.29, 0.717) is 0 Å². The third-order valence-electron chi connectivity index (χ3n) is 3.84. The Labute approximate surface area is 131 Å². The molecule has 0 aliphatic carbocycles. The van der Waals surface area contributed by atoms with Gasteiger partial charge < -0.3 is 14.5 Å². The molecule has 0 N–H and O–H groups in total. The fourth-order valence-corrected chi connectivity index (χ4v) is 2.59. The lowest BCUT2D eigenvalue weighted by atomic mass is 10.2. The van der Waals surface area contributed by atoms with E-state index < -0.39 is 0 Å². The molecule has 1 saturated heterocycles. The maximum Gasteiger partial charge on any atom is 0.227 e. The van der Waals surface area contributed by atoms with Crippen molar-refractivity contribution in [2.24, 2.45) is 0 Å². The van der Waals surface area contributed by atoms with Gasteiger partial charge in [-0.25, -0.2) is 4.98 Å². The lowest BCUT2D eigenvalue weighted by molar-refractivity contribution is 0.122. The molecule has 5 nitrogen and oxygen atoms in total. The predicted molar refractivity (Wildman–Crippen MR) is 88.2 cm³/mol. The minimum atomic E-state index is 0.765. The molecule has 2 aromatic rings. The van der Waals surface area contributed by atoms with Crippen molar-refractivity contribution in [1.29, 1.82) is 0 Å². The highest BCUT2D eigenvalue weighted by Gasteiger charge is 2.15. The summed E-state index contributed by atoms with van der Waals surface area (Å²) in [5.41, 5.74) is 1.27. The average Bonchev–Trinajstić information content (AvgIpc) is 2.61. The van der Waals surface area contributed by atoms with Crippen LogP contribution in [-0.2, 0) is 11.3 Å². The number of nitrogens with zero attached hydrogens (tertiary/aromatic N) is 4. The summed E-state index contributed by atoms with van der Waals surface area (Å²) in [6.45, 7) is 7.14. The quantitative estimate of drug-likeness (QED) is 0.847. The number of rotatable bonds is 5. The molecule has 0 radical (unpaired) electrons. The summed E-state index contributed by atoms with van der Waals surface area (Å²) in [5.74, 6) is 1.77. The molecular weight excluding hydrogens is 276 g/mol. The number of benzene rings is 1. The van der Waals surface area contributed by atoms with Crippen molar-refractivity contribution < 1.29 is 4.74 Å². The Morgan fingerprint density at radius 3 is 2.64 bits per heavy atom. The third-order valence-corrected chi connectivity index (χ3v) is 3.84. The van der Waals surface area contributed by atoms with E-state index in [4.69, 9.17) is 9.72 Å². The summed E-state index contributed by atoms with van der Waals surface area (Å²) in [4.78, 5) is 13.7. The lowest BCUT2D eigenvalue weighted by Gasteiger charge is -2.29. The molecule has 1 aliphatic rings. The fourth-order valence-electron chi connectivity index (χ4n) is 2.59. The summed E-state index contributed by atoms with van der Waals surface area (Å²) in [6, 6.07) is 12.4. The summed E-state index contributed by atoms with van der Waals surface area (Å²) in [6.07, 6.45) is 1.85. The van der Waals surface area contributed by atoms with Crippen molar-refractivity contribution in [2.45, 2.75) is 13.5 Å². The number of hydrogen-bond acceptors (Lipinski definition) is 5. The minimum Gasteiger partial charge on any atom is -0.378 e. The van der Waals surface area contributed by atoms with Crippen LogP contribution < -0.4 is 9.80 Å². The van der Waals surface area contributed by atoms with Crippen LogP contribution in [0.25, 0.3) is 0 Å². The maximum atomic E-state index is 5.40. The number of hydrogen-bond donors (Lipinski definition) is 0. The van der Waals surface area contributed by atoms with Crippen LogP contribution in [0.5, 0.6) is 0 Å². The number of morpholine rings is 1. The Bertz CT molecular complexity index is 584. The zero-order chi connectivity index (χ0) is 15.2. The average molecular weight is 298 g/mol. The summed E-state index contributed by atoms with van der Waals surface area (Å²) < 4.78 is 5.40. The van der Waals surface area contributed by atoms with E-state index in [1.54, 1.807) is 0 Å². The second-order valence-corrected chi connectivity index (χ2v) is 5.31. The highest BCUT2D eigenvalue weighted by Crippen LogP contribution is 2.17. The van der Waals surface area contributed by atoms with Crippen LogP contribution in [0.15, 0.2) is 42.6 Å². The summed E-state index contributed by atoms with van der Waals surface area (Å²) in [7, 11) is 0. The molecule has 1 aliphatic heterocycles. The molecule has 116 valence electrons. The first-order chi connectivity index (χ1) is 10.9. The van der Waals surface area contributed by atoms with Gasteiger partial charge in [-0.2, -0.15) is 4.98 Å². The van der Waals surface area contributed by atoms with Crippen LogP contribution >= 0.6 is 0 Å². The van der Waals surface area contributed by atoms with Crippen LogP contribution in [0.1, 0.15) is 12.5 Å². The zero-order valence-corrected chi connectivity index (χ0v) is 13.0. The van der Waals surface area contributed by atoms with Crippen molar-refractivity contribution in [2.75, 3.05) is 42.6 Å². The lowest BCUT2D eigenvalue weighted by Crippen LogP contribution is -2.37. The van der Waals surface area contributed by atoms with Crippen LogP contribution in [0.2, 0.25) is 0 Å². The molecule has 0 saturated carbocycles. The molecular formula is C17H22N4O. The van der Waals surface area contributed by atoms with Crippen LogP contribution in [0.3, 0.4) is 0 Å². The second-order valence-electron chi connectivity index (χ2n) is 5.31. The molecule has 1 aromatic heterocycles. The fraction of sp³-hybridized carbons (Fsp3) is 0.412. The van der Waals surface area contributed by atoms with Gasteiger partial charge in [-0.15, -0.1) is 0 Å². The van der Waals surface area contributed by atoms with Gasteiger partial charge in [0.25, 0.3) is 0 Å². The van der Waals surface area contributed by atoms with Gasteiger partial charge in [0.2, 0.25) is 5.95 Å². The van der Waals surface area contributed by atoms with Crippen LogP contribution in [0.4, 0.5) is 11.8 Å². The monoisotopic (exact) mass is 298 g/mol. The molecule has 3 rings (SSSR count). The van der Waals surface area contributed by atoms with Gasteiger partial charge in [-0.3, -0.25) is 0 Å². The van der Waals surface area contributed by atoms with E-state index >= 15 is 0 Å². The Balaban J connectivity index is 1.77. The SMILES string of the molecule is CCN(Cc1ccccc1)c1nccc(N2CCOCC2)n1. The molecule has 1 aromatic carbocycles. The maximum absolute atomic E-state index is 5.40. The largest absolute Gasteiger partial charge is 0.378 e. The van der Waals surface area contributed by atoms with E-state index in [-0.39, 0.29) is 0 Å². The van der Waals surface area contributed by atoms with Crippen molar-refractivity contribution in [1.82, 2.24) is 9.97 Å². The van der Waals surface area contributed by atoms with Gasteiger partial charge in [0.05, 0.1) is 13.2 Å². The Morgan fingerprint density at radius 1 is 1.14 bits per heavy atom. The van der Waals surface area contributed by atoms with E-state index in [2.05, 4.69) is 46.0 Å². The van der Waals surface area contributed by atoms with E-state index in [1.807, 2.05) is 18.3 Å². The topological polar surface area (TPSA) is 41.5 Å². The standard InChI is InChI=1S/C17H22N4O/c1-2-20(14-15-6-4-3-5-7-15)17-18-9-8-16(19-17)21-10-12-22-13-11-21/h3-9H,2,10-14H2,1H3. The molecule has 0 atom stereocenters. The Kier molecular flexibility index (Phi) is 4.85. The molecule has 1 fully saturated rings. The Hall–Kier alpha value is -2.14. The Morgan fingerprint density at radius 2 is 1.91 bits per heavy atom. The van der Waals surface area contributed by atoms with Gasteiger partial charge >= 0.3 is 0 Å². The molecule has 2 heterocycles. The first-order valence-corrected chi connectivity index (χ1v) is 7.81. The molecule has 0 amide bonds. The van der Waals surface area contributed by atoms with Crippen LogP contribution in [0, 0.1) is 0 Å². The van der Waals surface area contributed by atoms with E-state index in [0.717, 1.165) is 51.2 Å². The molecule has 0 bridgehead atoms. The van der Waals surface area contributed by atoms with Gasteiger partial charge in [0.1, 0.15) is 5.82 Å². The number of anilines is 2. The van der Waals surface area contributed by atoms with Gasteiger partial charge in [-0.1, -0.05) is 30.3 Å². The van der Waals surface area contributed by atoms with Gasteiger partial charge in [0.15, 0.2) is 0 Å². The zero-order valence-electron chi connectivity index (χ0n) is 13.0. The van der Waals surface area contributed by atoms with Crippen molar-refractivity contribution in [3.8, 4) is 0 Å². The highest BCUT2D eigenvalue weighted by atomic mass is 16.5. The van der Waals surface area contributed by atoms with Crippen molar-refractivity contribution in [3.05, 3.63) is 48.2 Å². The smallest absolute Gasteiger partial charge is 0.227 e. The van der Waals surface area contributed by atoms with Crippen molar-refractivity contribution in [3.63, 3.8) is 0 Å². The number of aromatic nitrogens is 2. The number of ether oxygens (including phenoxy) is 1. The van der Waals surface area contributed by atoms with E-state index in [9.17, 15) is 0 Å². The van der Waals surface area contributed by atoms with Crippen molar-refractivity contribution >= 4 is 11.8 Å². The van der Waals surface area contributed by atoms with E-state index in [1.165, 1.54) is 5.56 Å². The third kappa shape index (κ3) is 3.54. The van der Waals surface area contributed by atoms with Gasteiger partial charge in [-0.05, 0) is 18.6 Å². The minimum absolute atomic E-state index is 0.765. The first-order valence-electron chi connectivity index (χ1n) is 7.81.